The first kappa shape index (κ1) is 14.0. The lowest BCUT2D eigenvalue weighted by Crippen LogP contribution is -2.28. The summed E-state index contributed by atoms with van der Waals surface area (Å²) in [5.41, 5.74) is 7.11. The molecule has 0 saturated heterocycles. The summed E-state index contributed by atoms with van der Waals surface area (Å²) < 4.78 is 0. The number of nitrogens with one attached hydrogen (secondary N) is 1. The van der Waals surface area contributed by atoms with Crippen molar-refractivity contribution in [3.8, 4) is 0 Å². The maximum atomic E-state index is 11.7. The third-order valence-electron chi connectivity index (χ3n) is 2.63. The van der Waals surface area contributed by atoms with Gasteiger partial charge < -0.3 is 16.3 Å². The zero-order valence-corrected chi connectivity index (χ0v) is 10.7. The highest BCUT2D eigenvalue weighted by atomic mass is 16.4. The van der Waals surface area contributed by atoms with Crippen molar-refractivity contribution in [2.24, 2.45) is 10.9 Å². The van der Waals surface area contributed by atoms with E-state index in [0.717, 1.165) is 0 Å². The lowest BCUT2D eigenvalue weighted by molar-refractivity contribution is 0.0954. The molecule has 0 atom stereocenters. The molecule has 0 saturated carbocycles. The van der Waals surface area contributed by atoms with Crippen molar-refractivity contribution in [2.45, 2.75) is 26.2 Å². The number of hydrogen-bond donors (Lipinski definition) is 3. The van der Waals surface area contributed by atoms with Crippen LogP contribution in [0.5, 0.6) is 0 Å². The van der Waals surface area contributed by atoms with Crippen LogP contribution >= 0.6 is 0 Å². The first-order valence-electron chi connectivity index (χ1n) is 5.89. The van der Waals surface area contributed by atoms with Crippen molar-refractivity contribution in [3.63, 3.8) is 0 Å². The number of nitrogens with two attached hydrogens (primary N) is 1. The number of rotatable bonds is 5. The van der Waals surface area contributed by atoms with E-state index in [2.05, 4.69) is 24.3 Å². The van der Waals surface area contributed by atoms with Crippen molar-refractivity contribution < 1.29 is 10.0 Å². The summed E-state index contributed by atoms with van der Waals surface area (Å²) in [6, 6.07) is 7.49. The lowest BCUT2D eigenvalue weighted by Gasteiger charge is -2.07. The summed E-state index contributed by atoms with van der Waals surface area (Å²) in [4.78, 5) is 11.7. The van der Waals surface area contributed by atoms with Gasteiger partial charge >= 0.3 is 0 Å². The van der Waals surface area contributed by atoms with E-state index < -0.39 is 0 Å². The van der Waals surface area contributed by atoms with E-state index in [0.29, 0.717) is 24.4 Å². The average molecular weight is 249 g/mol. The summed E-state index contributed by atoms with van der Waals surface area (Å²) in [5, 5.41) is 13.9. The Hall–Kier alpha value is -2.04. The molecule has 0 radical (unpaired) electrons. The minimum Gasteiger partial charge on any atom is -0.409 e. The topological polar surface area (TPSA) is 87.7 Å². The summed E-state index contributed by atoms with van der Waals surface area (Å²) in [6.07, 6.45) is 0.326. The Balaban J connectivity index is 2.52. The first-order valence-corrected chi connectivity index (χ1v) is 5.89. The Labute approximate surface area is 107 Å². The monoisotopic (exact) mass is 249 g/mol. The normalized spacial score (nSPS) is 11.6. The number of hydrogen-bond acceptors (Lipinski definition) is 3. The van der Waals surface area contributed by atoms with Crippen LogP contribution in [0.4, 0.5) is 0 Å². The molecule has 0 aliphatic heterocycles. The molecule has 1 amide bonds. The Bertz CT molecular complexity index is 424. The fourth-order valence-corrected chi connectivity index (χ4v) is 1.48. The molecule has 0 aliphatic carbocycles. The van der Waals surface area contributed by atoms with Gasteiger partial charge in [-0.1, -0.05) is 31.1 Å². The fraction of sp³-hybridized carbons (Fsp3) is 0.385. The van der Waals surface area contributed by atoms with Crippen molar-refractivity contribution >= 4 is 11.7 Å². The van der Waals surface area contributed by atoms with Crippen LogP contribution in [0.2, 0.25) is 0 Å². The SMILES string of the molecule is CC(C)c1ccc(C(=O)NCCC(N)=NO)cc1. The molecule has 0 spiro atoms. The molecule has 18 heavy (non-hydrogen) atoms. The molecule has 1 aromatic carbocycles. The maximum Gasteiger partial charge on any atom is 0.251 e. The summed E-state index contributed by atoms with van der Waals surface area (Å²) in [5.74, 6) is 0.393. The average Bonchev–Trinajstić information content (AvgIpc) is 2.38. The van der Waals surface area contributed by atoms with Crippen molar-refractivity contribution in [1.82, 2.24) is 5.32 Å². The third-order valence-corrected chi connectivity index (χ3v) is 2.63. The zero-order valence-electron chi connectivity index (χ0n) is 10.7. The molecule has 0 aliphatic rings. The standard InChI is InChI=1S/C13H19N3O2/c1-9(2)10-3-5-11(6-4-10)13(17)15-8-7-12(14)16-18/h3-6,9,18H,7-8H2,1-2H3,(H2,14,16)(H,15,17). The van der Waals surface area contributed by atoms with Gasteiger partial charge in [-0.25, -0.2) is 0 Å². The van der Waals surface area contributed by atoms with E-state index in [-0.39, 0.29) is 11.7 Å². The number of nitrogens with zero attached hydrogens (tertiary/aromatic N) is 1. The van der Waals surface area contributed by atoms with Gasteiger partial charge in [0.2, 0.25) is 0 Å². The van der Waals surface area contributed by atoms with Gasteiger partial charge in [-0.2, -0.15) is 0 Å². The Morgan fingerprint density at radius 2 is 2.00 bits per heavy atom. The van der Waals surface area contributed by atoms with Crippen LogP contribution in [-0.2, 0) is 0 Å². The smallest absolute Gasteiger partial charge is 0.251 e. The molecule has 5 nitrogen and oxygen atoms in total. The molecule has 0 fully saturated rings. The second-order valence-electron chi connectivity index (χ2n) is 4.37. The van der Waals surface area contributed by atoms with E-state index in [1.54, 1.807) is 12.1 Å². The summed E-state index contributed by atoms with van der Waals surface area (Å²) in [7, 11) is 0. The molecule has 0 aromatic heterocycles. The number of carbonyl (C=O) groups is 1. The van der Waals surface area contributed by atoms with Gasteiger partial charge in [-0.3, -0.25) is 4.79 Å². The number of carbonyl (C=O) groups excluding carboxylic acids is 1. The van der Waals surface area contributed by atoms with Gasteiger partial charge in [0.05, 0.1) is 0 Å². The van der Waals surface area contributed by atoms with Gasteiger partial charge in [-0.05, 0) is 23.6 Å². The van der Waals surface area contributed by atoms with Crippen LogP contribution in [0, 0.1) is 0 Å². The van der Waals surface area contributed by atoms with Gasteiger partial charge in [0.15, 0.2) is 0 Å². The molecular formula is C13H19N3O2. The molecule has 5 heteroatoms. The molecule has 98 valence electrons. The predicted molar refractivity (Wildman–Crippen MR) is 70.9 cm³/mol. The number of benzene rings is 1. The van der Waals surface area contributed by atoms with E-state index in [1.807, 2.05) is 12.1 Å². The number of amidine groups is 1. The Morgan fingerprint density at radius 1 is 1.39 bits per heavy atom. The van der Waals surface area contributed by atoms with E-state index in [1.165, 1.54) is 5.56 Å². The second kappa shape index (κ2) is 6.64. The second-order valence-corrected chi connectivity index (χ2v) is 4.37. The lowest BCUT2D eigenvalue weighted by atomic mass is 10.0. The molecule has 4 N–H and O–H groups in total. The Kier molecular flexibility index (Phi) is 5.17. The van der Waals surface area contributed by atoms with Gasteiger partial charge in [0.1, 0.15) is 5.84 Å². The Morgan fingerprint density at radius 3 is 2.50 bits per heavy atom. The van der Waals surface area contributed by atoms with Crippen LogP contribution in [0.25, 0.3) is 0 Å². The van der Waals surface area contributed by atoms with Crippen LogP contribution < -0.4 is 11.1 Å². The highest BCUT2D eigenvalue weighted by molar-refractivity contribution is 5.94. The first-order chi connectivity index (χ1) is 8.54. The van der Waals surface area contributed by atoms with Crippen LogP contribution in [0.3, 0.4) is 0 Å². The summed E-state index contributed by atoms with van der Waals surface area (Å²) >= 11 is 0. The number of oxime groups is 1. The largest absolute Gasteiger partial charge is 0.409 e. The molecule has 0 bridgehead atoms. The fourth-order valence-electron chi connectivity index (χ4n) is 1.48. The molecule has 1 rings (SSSR count). The van der Waals surface area contributed by atoms with Gasteiger partial charge in [0.25, 0.3) is 5.91 Å². The molecule has 0 heterocycles. The quantitative estimate of drug-likeness (QED) is 0.321. The maximum absolute atomic E-state index is 11.7. The zero-order chi connectivity index (χ0) is 13.5. The molecular weight excluding hydrogens is 230 g/mol. The van der Waals surface area contributed by atoms with Gasteiger partial charge in [0, 0.05) is 18.5 Å². The molecule has 1 aromatic rings. The molecule has 0 unspecified atom stereocenters. The van der Waals surface area contributed by atoms with Crippen LogP contribution in [0.1, 0.15) is 42.1 Å². The highest BCUT2D eigenvalue weighted by Crippen LogP contribution is 2.14. The van der Waals surface area contributed by atoms with E-state index >= 15 is 0 Å². The minimum atomic E-state index is -0.156. The van der Waals surface area contributed by atoms with Crippen LogP contribution in [-0.4, -0.2) is 23.5 Å². The highest BCUT2D eigenvalue weighted by Gasteiger charge is 2.06. The third kappa shape index (κ3) is 4.08. The van der Waals surface area contributed by atoms with Crippen molar-refractivity contribution in [1.29, 1.82) is 0 Å². The van der Waals surface area contributed by atoms with Crippen molar-refractivity contribution in [2.75, 3.05) is 6.54 Å². The van der Waals surface area contributed by atoms with Gasteiger partial charge in [-0.15, -0.1) is 0 Å². The predicted octanol–water partition coefficient (Wildman–Crippen LogP) is 1.68. The van der Waals surface area contributed by atoms with E-state index in [9.17, 15) is 4.79 Å². The summed E-state index contributed by atoms with van der Waals surface area (Å²) in [6.45, 7) is 4.55. The van der Waals surface area contributed by atoms with Crippen molar-refractivity contribution in [3.05, 3.63) is 35.4 Å². The van der Waals surface area contributed by atoms with E-state index in [4.69, 9.17) is 10.9 Å². The number of amides is 1. The minimum absolute atomic E-state index is 0.102. The van der Waals surface area contributed by atoms with Crippen LogP contribution in [0.15, 0.2) is 29.4 Å².